The monoisotopic (exact) mass is 561 g/mol. The zero-order valence-corrected chi connectivity index (χ0v) is 23.2. The Labute approximate surface area is 230 Å². The van der Waals surface area contributed by atoms with Gasteiger partial charge in [0.05, 0.1) is 12.4 Å². The van der Waals surface area contributed by atoms with E-state index in [2.05, 4.69) is 15.4 Å². The van der Waals surface area contributed by atoms with Crippen LogP contribution in [0.1, 0.15) is 51.7 Å². The lowest BCUT2D eigenvalue weighted by Crippen LogP contribution is -2.55. The summed E-state index contributed by atoms with van der Waals surface area (Å²) in [6.45, 7) is 5.34. The minimum atomic E-state index is -3.88. The summed E-state index contributed by atoms with van der Waals surface area (Å²) in [5.41, 5.74) is 7.31. The topological polar surface area (TPSA) is 181 Å². The number of hydrogen-bond donors (Lipinski definition) is 5. The highest BCUT2D eigenvalue weighted by Crippen LogP contribution is 2.11. The lowest BCUT2D eigenvalue weighted by atomic mass is 10.0. The smallest absolute Gasteiger partial charge is 0.305 e. The molecule has 2 aromatic carbocycles. The van der Waals surface area contributed by atoms with E-state index in [0.29, 0.717) is 11.1 Å². The van der Waals surface area contributed by atoms with Gasteiger partial charge in [0.15, 0.2) is 0 Å². The van der Waals surface area contributed by atoms with Gasteiger partial charge in [-0.2, -0.15) is 0 Å². The number of carbonyl (C=O) groups is 3. The molecule has 0 aliphatic carbocycles. The third kappa shape index (κ3) is 10.9. The number of amidine groups is 1. The molecule has 0 fully saturated rings. The second-order valence-electron chi connectivity index (χ2n) is 9.32. The second-order valence-corrected chi connectivity index (χ2v) is 11.1. The molecule has 0 saturated heterocycles. The molecule has 0 aromatic heterocycles. The number of hydrogen-bond acceptors (Lipinski definition) is 7. The van der Waals surface area contributed by atoms with Gasteiger partial charge in [-0.1, -0.05) is 68.4 Å². The molecule has 0 aliphatic heterocycles. The fraction of sp³-hybridized carbons (Fsp3) is 0.407. The van der Waals surface area contributed by atoms with Crippen molar-refractivity contribution < 1.29 is 29.0 Å². The van der Waals surface area contributed by atoms with Gasteiger partial charge in [0.2, 0.25) is 21.8 Å². The summed E-state index contributed by atoms with van der Waals surface area (Å²) in [6.07, 6.45) is -0.160. The van der Waals surface area contributed by atoms with Crippen molar-refractivity contribution in [3.63, 3.8) is 0 Å². The van der Waals surface area contributed by atoms with E-state index in [1.807, 2.05) is 0 Å². The standard InChI is InChI=1S/C27H37N5O6S.H2/c1-4-38-23(33)15-14-22(26(34)30-16-19-10-12-21(13-11-19)25(28)29)31-27(35)24(18(2)3)32-39(36,37)17-20-8-6-5-7-9-20;/h5-13,18,22,24,32H,4,14-17H2,1-3H3,(H3,28,29)(H,30,34)(H,31,35);1H/t22?,24-;/m1./s1. The Morgan fingerprint density at radius 2 is 1.64 bits per heavy atom. The molecular formula is C27H39N5O6S. The van der Waals surface area contributed by atoms with Gasteiger partial charge in [0, 0.05) is 20.0 Å². The molecule has 0 spiro atoms. The number of ether oxygens (including phenoxy) is 1. The summed E-state index contributed by atoms with van der Waals surface area (Å²) in [5.74, 6) is -2.56. The quantitative estimate of drug-likeness (QED) is 0.125. The Balaban J connectivity index is 0.00000800. The highest BCUT2D eigenvalue weighted by atomic mass is 32.2. The predicted octanol–water partition coefficient (Wildman–Crippen LogP) is 1.81. The highest BCUT2D eigenvalue weighted by Gasteiger charge is 2.31. The molecule has 0 saturated carbocycles. The summed E-state index contributed by atoms with van der Waals surface area (Å²) in [6, 6.07) is 13.0. The van der Waals surface area contributed by atoms with Crippen LogP contribution >= 0.6 is 0 Å². The van der Waals surface area contributed by atoms with Gasteiger partial charge in [0.25, 0.3) is 0 Å². The molecule has 6 N–H and O–H groups in total. The average Bonchev–Trinajstić information content (AvgIpc) is 2.88. The second kappa shape index (κ2) is 15.0. The van der Waals surface area contributed by atoms with E-state index in [1.54, 1.807) is 75.4 Å². The maximum absolute atomic E-state index is 13.2. The summed E-state index contributed by atoms with van der Waals surface area (Å²) >= 11 is 0. The van der Waals surface area contributed by atoms with Crippen molar-refractivity contribution in [2.45, 2.75) is 58.0 Å². The maximum Gasteiger partial charge on any atom is 0.305 e. The Morgan fingerprint density at radius 3 is 2.21 bits per heavy atom. The molecule has 39 heavy (non-hydrogen) atoms. The van der Waals surface area contributed by atoms with E-state index < -0.39 is 45.8 Å². The molecule has 11 nitrogen and oxygen atoms in total. The van der Waals surface area contributed by atoms with Crippen molar-refractivity contribution in [2.75, 3.05) is 6.61 Å². The van der Waals surface area contributed by atoms with Gasteiger partial charge in [-0.15, -0.1) is 0 Å². The number of nitrogens with one attached hydrogen (secondary N) is 4. The van der Waals surface area contributed by atoms with Crippen molar-refractivity contribution in [3.8, 4) is 0 Å². The largest absolute Gasteiger partial charge is 0.466 e. The van der Waals surface area contributed by atoms with Gasteiger partial charge in [-0.05, 0) is 30.4 Å². The number of nitrogen functional groups attached to an aromatic ring is 1. The SMILES string of the molecule is CCOC(=O)CCC(NC(=O)[C@H](NS(=O)(=O)Cc1ccccc1)C(C)C)C(=O)NCc1ccc(C(=N)N)cc1.[HH]. The van der Waals surface area contributed by atoms with E-state index >= 15 is 0 Å². The first-order valence-corrected chi connectivity index (χ1v) is 14.3. The van der Waals surface area contributed by atoms with E-state index in [-0.39, 0.29) is 39.0 Å². The van der Waals surface area contributed by atoms with Crippen LogP contribution in [-0.4, -0.2) is 50.7 Å². The van der Waals surface area contributed by atoms with E-state index in [0.717, 1.165) is 5.56 Å². The van der Waals surface area contributed by atoms with Crippen molar-refractivity contribution >= 4 is 33.6 Å². The molecule has 2 aromatic rings. The van der Waals surface area contributed by atoms with Crippen molar-refractivity contribution in [3.05, 3.63) is 71.3 Å². The van der Waals surface area contributed by atoms with E-state index in [9.17, 15) is 22.8 Å². The molecule has 2 amide bonds. The summed E-state index contributed by atoms with van der Waals surface area (Å²) in [7, 11) is -3.88. The minimum absolute atomic E-state index is 0. The predicted molar refractivity (Wildman–Crippen MR) is 150 cm³/mol. The van der Waals surface area contributed by atoms with Gasteiger partial charge in [-0.3, -0.25) is 19.8 Å². The molecule has 0 aliphatic rings. The molecule has 2 rings (SSSR count). The van der Waals surface area contributed by atoms with Crippen LogP contribution in [0.5, 0.6) is 0 Å². The zero-order chi connectivity index (χ0) is 29.0. The number of amides is 2. The molecule has 1 unspecified atom stereocenters. The fourth-order valence-corrected chi connectivity index (χ4v) is 5.14. The summed E-state index contributed by atoms with van der Waals surface area (Å²) in [5, 5.41) is 12.8. The fourth-order valence-electron chi connectivity index (χ4n) is 3.66. The Kier molecular flexibility index (Phi) is 12.1. The molecule has 214 valence electrons. The van der Waals surface area contributed by atoms with Gasteiger partial charge >= 0.3 is 5.97 Å². The Hall–Kier alpha value is -3.77. The summed E-state index contributed by atoms with van der Waals surface area (Å²) in [4.78, 5) is 38.2. The van der Waals surface area contributed by atoms with Crippen LogP contribution in [0.3, 0.4) is 0 Å². The van der Waals surface area contributed by atoms with Crippen LogP contribution in [0.2, 0.25) is 0 Å². The first kappa shape index (κ1) is 31.4. The van der Waals surface area contributed by atoms with E-state index in [1.165, 1.54) is 0 Å². The number of benzene rings is 2. The molecule has 12 heteroatoms. The van der Waals surface area contributed by atoms with Crippen LogP contribution in [0.4, 0.5) is 0 Å². The zero-order valence-electron chi connectivity index (χ0n) is 22.4. The van der Waals surface area contributed by atoms with Gasteiger partial charge in [0.1, 0.15) is 17.9 Å². The van der Waals surface area contributed by atoms with Gasteiger partial charge in [-0.25, -0.2) is 13.1 Å². The molecule has 0 radical (unpaired) electrons. The number of esters is 1. The van der Waals surface area contributed by atoms with Crippen LogP contribution in [0.15, 0.2) is 54.6 Å². The Morgan fingerprint density at radius 1 is 1.00 bits per heavy atom. The van der Waals surface area contributed by atoms with Crippen LogP contribution in [0, 0.1) is 11.3 Å². The number of rotatable bonds is 15. The number of nitrogens with two attached hydrogens (primary N) is 1. The van der Waals surface area contributed by atoms with Crippen molar-refractivity contribution in [2.24, 2.45) is 11.7 Å². The minimum Gasteiger partial charge on any atom is -0.466 e. The molecular weight excluding hydrogens is 522 g/mol. The van der Waals surface area contributed by atoms with E-state index in [4.69, 9.17) is 15.9 Å². The average molecular weight is 562 g/mol. The van der Waals surface area contributed by atoms with Gasteiger partial charge < -0.3 is 21.1 Å². The molecule has 2 atom stereocenters. The first-order chi connectivity index (χ1) is 18.4. The lowest BCUT2D eigenvalue weighted by Gasteiger charge is -2.25. The normalized spacial score (nSPS) is 12.8. The first-order valence-electron chi connectivity index (χ1n) is 12.6. The lowest BCUT2D eigenvalue weighted by molar-refractivity contribution is -0.143. The molecule has 0 bridgehead atoms. The molecule has 0 heterocycles. The Bertz CT molecular complexity index is 1240. The third-order valence-corrected chi connectivity index (χ3v) is 7.09. The summed E-state index contributed by atoms with van der Waals surface area (Å²) < 4.78 is 33.0. The van der Waals surface area contributed by atoms with Crippen molar-refractivity contribution in [1.82, 2.24) is 15.4 Å². The third-order valence-electron chi connectivity index (χ3n) is 5.76. The number of sulfonamides is 1. The van der Waals surface area contributed by atoms with Crippen molar-refractivity contribution in [1.29, 1.82) is 5.41 Å². The highest BCUT2D eigenvalue weighted by molar-refractivity contribution is 7.88. The number of carbonyl (C=O) groups excluding carboxylic acids is 3. The van der Waals surface area contributed by atoms with Crippen LogP contribution in [0.25, 0.3) is 0 Å². The van der Waals surface area contributed by atoms with Crippen LogP contribution < -0.4 is 21.1 Å². The maximum atomic E-state index is 13.2. The van der Waals surface area contributed by atoms with Crippen LogP contribution in [-0.2, 0) is 41.4 Å².